The van der Waals surface area contributed by atoms with E-state index in [0.29, 0.717) is 11.1 Å². The number of phenols is 2. The van der Waals surface area contributed by atoms with Crippen LogP contribution in [0.1, 0.15) is 36.4 Å². The molecule has 1 unspecified atom stereocenters. The third kappa shape index (κ3) is 1.85. The minimum Gasteiger partial charge on any atom is -0.505 e. The Balaban J connectivity index is 2.40. The van der Waals surface area contributed by atoms with Gasteiger partial charge in [-0.25, -0.2) is 0 Å². The fraction of sp³-hybridized carbons (Fsp3) is 0.500. The summed E-state index contributed by atoms with van der Waals surface area (Å²) >= 11 is 0. The molecule has 0 radical (unpaired) electrons. The Kier molecular flexibility index (Phi) is 3.01. The number of hydrogen-bond donors (Lipinski definition) is 3. The van der Waals surface area contributed by atoms with Crippen molar-refractivity contribution in [3.63, 3.8) is 0 Å². The molecular weight excluding hydrogens is 209 g/mol. The lowest BCUT2D eigenvalue weighted by molar-refractivity contribution is 0.360. The van der Waals surface area contributed by atoms with Gasteiger partial charge in [0, 0.05) is 11.6 Å². The molecule has 4 heteroatoms. The number of halogens is 1. The quantitative estimate of drug-likeness (QED) is 0.687. The second-order valence-corrected chi connectivity index (χ2v) is 4.30. The topological polar surface area (TPSA) is 52.5 Å². The summed E-state index contributed by atoms with van der Waals surface area (Å²) in [5.74, 6) is -1.80. The minimum atomic E-state index is -0.914. The summed E-state index contributed by atoms with van der Waals surface area (Å²) < 4.78 is 13.5. The first-order valence-electron chi connectivity index (χ1n) is 5.55. The van der Waals surface area contributed by atoms with E-state index in [1.807, 2.05) is 0 Å². The number of piperidine rings is 1. The normalized spacial score (nSPS) is 21.0. The molecule has 1 saturated heterocycles. The Bertz CT molecular complexity index is 400. The maximum Gasteiger partial charge on any atom is 0.206 e. The Morgan fingerprint density at radius 1 is 1.31 bits per heavy atom. The van der Waals surface area contributed by atoms with Crippen molar-refractivity contribution >= 4 is 0 Å². The van der Waals surface area contributed by atoms with Crippen molar-refractivity contribution in [2.45, 2.75) is 32.2 Å². The molecule has 16 heavy (non-hydrogen) atoms. The van der Waals surface area contributed by atoms with Gasteiger partial charge >= 0.3 is 0 Å². The van der Waals surface area contributed by atoms with Crippen LogP contribution < -0.4 is 5.32 Å². The molecule has 1 aromatic carbocycles. The summed E-state index contributed by atoms with van der Waals surface area (Å²) in [6.45, 7) is 2.51. The summed E-state index contributed by atoms with van der Waals surface area (Å²) in [5, 5.41) is 22.3. The average Bonchev–Trinajstić information content (AvgIpc) is 2.32. The average molecular weight is 225 g/mol. The van der Waals surface area contributed by atoms with Crippen LogP contribution in [0.5, 0.6) is 11.5 Å². The van der Waals surface area contributed by atoms with Crippen LogP contribution in [-0.2, 0) is 0 Å². The van der Waals surface area contributed by atoms with Crippen molar-refractivity contribution in [2.75, 3.05) is 6.54 Å². The van der Waals surface area contributed by atoms with E-state index in [1.165, 1.54) is 0 Å². The molecular formula is C12H16FNO2. The third-order valence-electron chi connectivity index (χ3n) is 3.12. The summed E-state index contributed by atoms with van der Waals surface area (Å²) in [4.78, 5) is 0. The zero-order valence-corrected chi connectivity index (χ0v) is 9.26. The van der Waals surface area contributed by atoms with Crippen LogP contribution in [0.3, 0.4) is 0 Å². The Morgan fingerprint density at radius 3 is 2.69 bits per heavy atom. The summed E-state index contributed by atoms with van der Waals surface area (Å²) in [7, 11) is 0. The number of aromatic hydroxyl groups is 2. The van der Waals surface area contributed by atoms with Gasteiger partial charge in [0.05, 0.1) is 0 Å². The highest BCUT2D eigenvalue weighted by atomic mass is 19.1. The Morgan fingerprint density at radius 2 is 2.06 bits per heavy atom. The molecule has 1 atom stereocenters. The number of aryl methyl sites for hydroxylation is 1. The molecule has 1 aliphatic rings. The van der Waals surface area contributed by atoms with E-state index in [-0.39, 0.29) is 6.04 Å². The highest BCUT2D eigenvalue weighted by molar-refractivity contribution is 5.47. The summed E-state index contributed by atoms with van der Waals surface area (Å²) in [5.41, 5.74) is 1.00. The van der Waals surface area contributed by atoms with Crippen LogP contribution >= 0.6 is 0 Å². The molecule has 0 aliphatic carbocycles. The molecule has 0 saturated carbocycles. The fourth-order valence-corrected chi connectivity index (χ4v) is 2.16. The predicted octanol–water partition coefficient (Wildman–Crippen LogP) is 2.36. The number of nitrogens with one attached hydrogen (secondary N) is 1. The second-order valence-electron chi connectivity index (χ2n) is 4.30. The highest BCUT2D eigenvalue weighted by Crippen LogP contribution is 2.37. The van der Waals surface area contributed by atoms with Gasteiger partial charge in [-0.15, -0.1) is 0 Å². The maximum atomic E-state index is 13.5. The zero-order valence-electron chi connectivity index (χ0n) is 9.26. The van der Waals surface area contributed by atoms with Gasteiger partial charge in [-0.05, 0) is 37.9 Å². The standard InChI is InChI=1S/C12H16FNO2/c1-7-6-8(9-4-2-3-5-14-9)12(16)10(13)11(7)15/h6,9,14-16H,2-5H2,1H3. The van der Waals surface area contributed by atoms with E-state index in [9.17, 15) is 14.6 Å². The lowest BCUT2D eigenvalue weighted by Crippen LogP contribution is -2.27. The minimum absolute atomic E-state index is 0.0115. The molecule has 1 aliphatic heterocycles. The Labute approximate surface area is 93.9 Å². The van der Waals surface area contributed by atoms with E-state index < -0.39 is 17.3 Å². The van der Waals surface area contributed by atoms with Gasteiger partial charge in [0.25, 0.3) is 0 Å². The van der Waals surface area contributed by atoms with Crippen molar-refractivity contribution in [3.05, 3.63) is 23.0 Å². The maximum absolute atomic E-state index is 13.5. The van der Waals surface area contributed by atoms with E-state index in [2.05, 4.69) is 5.32 Å². The van der Waals surface area contributed by atoms with Crippen molar-refractivity contribution in [1.82, 2.24) is 5.32 Å². The van der Waals surface area contributed by atoms with Crippen LogP contribution in [0, 0.1) is 12.7 Å². The number of phenolic OH excluding ortho intramolecular Hbond substituents is 2. The molecule has 2 rings (SSSR count). The first-order chi connectivity index (χ1) is 7.61. The molecule has 88 valence electrons. The van der Waals surface area contributed by atoms with Crippen LogP contribution in [0.15, 0.2) is 6.07 Å². The summed E-state index contributed by atoms with van der Waals surface area (Å²) in [6, 6.07) is 1.64. The smallest absolute Gasteiger partial charge is 0.206 e. The van der Waals surface area contributed by atoms with Gasteiger partial charge in [-0.2, -0.15) is 4.39 Å². The van der Waals surface area contributed by atoms with Gasteiger partial charge in [0.15, 0.2) is 11.5 Å². The molecule has 3 N–H and O–H groups in total. The fourth-order valence-electron chi connectivity index (χ4n) is 2.16. The molecule has 1 fully saturated rings. The first-order valence-corrected chi connectivity index (χ1v) is 5.55. The highest BCUT2D eigenvalue weighted by Gasteiger charge is 2.22. The van der Waals surface area contributed by atoms with E-state index in [4.69, 9.17) is 0 Å². The molecule has 0 bridgehead atoms. The van der Waals surface area contributed by atoms with Crippen LogP contribution in [0.25, 0.3) is 0 Å². The van der Waals surface area contributed by atoms with Crippen molar-refractivity contribution < 1.29 is 14.6 Å². The second kappa shape index (κ2) is 4.29. The first kappa shape index (κ1) is 11.2. The molecule has 0 amide bonds. The van der Waals surface area contributed by atoms with Crippen molar-refractivity contribution in [2.24, 2.45) is 0 Å². The van der Waals surface area contributed by atoms with Crippen LogP contribution in [0.2, 0.25) is 0 Å². The van der Waals surface area contributed by atoms with Gasteiger partial charge in [0.1, 0.15) is 0 Å². The van der Waals surface area contributed by atoms with E-state index >= 15 is 0 Å². The van der Waals surface area contributed by atoms with Crippen LogP contribution in [0.4, 0.5) is 4.39 Å². The van der Waals surface area contributed by atoms with Crippen molar-refractivity contribution in [1.29, 1.82) is 0 Å². The molecule has 0 spiro atoms. The predicted molar refractivity (Wildman–Crippen MR) is 59.1 cm³/mol. The largest absolute Gasteiger partial charge is 0.505 e. The van der Waals surface area contributed by atoms with E-state index in [1.54, 1.807) is 13.0 Å². The van der Waals surface area contributed by atoms with Gasteiger partial charge in [-0.1, -0.05) is 6.42 Å². The lowest BCUT2D eigenvalue weighted by Gasteiger charge is -2.25. The summed E-state index contributed by atoms with van der Waals surface area (Å²) in [6.07, 6.45) is 3.06. The third-order valence-corrected chi connectivity index (χ3v) is 3.12. The monoisotopic (exact) mass is 225 g/mol. The lowest BCUT2D eigenvalue weighted by atomic mass is 9.95. The molecule has 1 aromatic rings. The SMILES string of the molecule is Cc1cc(C2CCCCN2)c(O)c(F)c1O. The number of hydrogen-bond acceptors (Lipinski definition) is 3. The van der Waals surface area contributed by atoms with Crippen molar-refractivity contribution in [3.8, 4) is 11.5 Å². The van der Waals surface area contributed by atoms with Gasteiger partial charge in [-0.3, -0.25) is 0 Å². The van der Waals surface area contributed by atoms with E-state index in [0.717, 1.165) is 25.8 Å². The Hall–Kier alpha value is -1.29. The molecule has 3 nitrogen and oxygen atoms in total. The number of rotatable bonds is 1. The molecule has 0 aromatic heterocycles. The van der Waals surface area contributed by atoms with Crippen LogP contribution in [-0.4, -0.2) is 16.8 Å². The zero-order chi connectivity index (χ0) is 11.7. The molecule has 1 heterocycles. The number of benzene rings is 1. The van der Waals surface area contributed by atoms with Gasteiger partial charge in [0.2, 0.25) is 5.82 Å². The van der Waals surface area contributed by atoms with Gasteiger partial charge < -0.3 is 15.5 Å².